The Hall–Kier alpha value is -2.17. The molecule has 0 unspecified atom stereocenters. The van der Waals surface area contributed by atoms with Gasteiger partial charge in [0.2, 0.25) is 0 Å². The normalized spacial score (nSPS) is 12.4. The minimum Gasteiger partial charge on any atom is -0.468 e. The van der Waals surface area contributed by atoms with Gasteiger partial charge in [-0.2, -0.15) is 0 Å². The molecule has 5 heteroatoms. The summed E-state index contributed by atoms with van der Waals surface area (Å²) in [5.41, 5.74) is -1.18. The number of methoxy groups -OCH3 is 2. The highest BCUT2D eigenvalue weighted by Crippen LogP contribution is 2.39. The molecule has 0 aromatic heterocycles. The maximum atomic E-state index is 13.4. The minimum atomic E-state index is -1.63. The van der Waals surface area contributed by atoms with Crippen molar-refractivity contribution in [3.8, 4) is 0 Å². The molecule has 4 nitrogen and oxygen atoms in total. The van der Waals surface area contributed by atoms with Gasteiger partial charge in [0.05, 0.1) is 14.2 Å². The second kappa shape index (κ2) is 6.32. The Morgan fingerprint density at radius 2 is 1.85 bits per heavy atom. The van der Waals surface area contributed by atoms with Gasteiger partial charge in [0, 0.05) is 5.92 Å². The summed E-state index contributed by atoms with van der Waals surface area (Å²) in [6.07, 6.45) is 1.41. The van der Waals surface area contributed by atoms with E-state index in [1.165, 1.54) is 45.4 Å². The van der Waals surface area contributed by atoms with E-state index in [2.05, 4.69) is 6.58 Å². The standard InChI is InChI=1S/C15H17FO4/c1-5-12(10-7-6-8-11(16)9-10)15(2,13(17)19-3)14(18)20-4/h5-9,12H,1H2,2-4H3/t12-/m0/s1. The van der Waals surface area contributed by atoms with E-state index in [9.17, 15) is 14.0 Å². The van der Waals surface area contributed by atoms with Crippen molar-refractivity contribution < 1.29 is 23.5 Å². The van der Waals surface area contributed by atoms with Crippen molar-refractivity contribution in [2.45, 2.75) is 12.8 Å². The van der Waals surface area contributed by atoms with Crippen LogP contribution >= 0.6 is 0 Å². The monoisotopic (exact) mass is 280 g/mol. The van der Waals surface area contributed by atoms with E-state index in [4.69, 9.17) is 9.47 Å². The second-order valence-corrected chi connectivity index (χ2v) is 4.45. The number of hydrogen-bond donors (Lipinski definition) is 0. The number of carbonyl (C=O) groups excluding carboxylic acids is 2. The number of allylic oxidation sites excluding steroid dienone is 1. The summed E-state index contributed by atoms with van der Waals surface area (Å²) in [5.74, 6) is -2.76. The van der Waals surface area contributed by atoms with Crippen molar-refractivity contribution in [2.75, 3.05) is 14.2 Å². The molecule has 1 rings (SSSR count). The average molecular weight is 280 g/mol. The second-order valence-electron chi connectivity index (χ2n) is 4.45. The van der Waals surface area contributed by atoms with Crippen LogP contribution in [0.1, 0.15) is 18.4 Å². The van der Waals surface area contributed by atoms with E-state index in [0.717, 1.165) is 0 Å². The largest absolute Gasteiger partial charge is 0.468 e. The van der Waals surface area contributed by atoms with Crippen LogP contribution in [0.5, 0.6) is 0 Å². The van der Waals surface area contributed by atoms with Gasteiger partial charge in [0.25, 0.3) is 0 Å². The Bertz CT molecular complexity index is 508. The zero-order valence-corrected chi connectivity index (χ0v) is 11.7. The van der Waals surface area contributed by atoms with E-state index >= 15 is 0 Å². The highest BCUT2D eigenvalue weighted by Gasteiger charge is 2.50. The molecule has 0 heterocycles. The molecule has 1 aromatic rings. The fourth-order valence-electron chi connectivity index (χ4n) is 2.17. The van der Waals surface area contributed by atoms with Crippen LogP contribution in [-0.2, 0) is 19.1 Å². The van der Waals surface area contributed by atoms with Gasteiger partial charge in [-0.25, -0.2) is 4.39 Å². The molecular weight excluding hydrogens is 263 g/mol. The molecule has 1 aromatic carbocycles. The van der Waals surface area contributed by atoms with Gasteiger partial charge in [0.15, 0.2) is 5.41 Å². The third-order valence-electron chi connectivity index (χ3n) is 3.28. The van der Waals surface area contributed by atoms with E-state index < -0.39 is 29.1 Å². The van der Waals surface area contributed by atoms with Crippen molar-refractivity contribution in [3.63, 3.8) is 0 Å². The minimum absolute atomic E-state index is 0.443. The van der Waals surface area contributed by atoms with Crippen molar-refractivity contribution in [2.24, 2.45) is 5.41 Å². The molecule has 108 valence electrons. The molecule has 20 heavy (non-hydrogen) atoms. The van der Waals surface area contributed by atoms with Crippen LogP contribution in [0.2, 0.25) is 0 Å². The fraction of sp³-hybridized carbons (Fsp3) is 0.333. The van der Waals surface area contributed by atoms with Gasteiger partial charge in [0.1, 0.15) is 5.82 Å². The maximum Gasteiger partial charge on any atom is 0.323 e. The molecule has 1 atom stereocenters. The number of halogens is 1. The van der Waals surface area contributed by atoms with E-state index in [1.54, 1.807) is 6.07 Å². The SMILES string of the molecule is C=C[C@@H](c1cccc(F)c1)C(C)(C(=O)OC)C(=O)OC. The van der Waals surface area contributed by atoms with Crippen molar-refractivity contribution in [3.05, 3.63) is 48.3 Å². The van der Waals surface area contributed by atoms with Gasteiger partial charge in [-0.3, -0.25) is 9.59 Å². The highest BCUT2D eigenvalue weighted by atomic mass is 19.1. The number of hydrogen-bond acceptors (Lipinski definition) is 4. The van der Waals surface area contributed by atoms with Gasteiger partial charge in [-0.05, 0) is 24.6 Å². The number of rotatable bonds is 5. The van der Waals surface area contributed by atoms with Crippen LogP contribution in [0, 0.1) is 11.2 Å². The first-order valence-electron chi connectivity index (χ1n) is 5.96. The van der Waals surface area contributed by atoms with Crippen LogP contribution in [0.3, 0.4) is 0 Å². The first kappa shape index (κ1) is 15.9. The van der Waals surface area contributed by atoms with Crippen LogP contribution in [0.4, 0.5) is 4.39 Å². The van der Waals surface area contributed by atoms with E-state index in [0.29, 0.717) is 5.56 Å². The smallest absolute Gasteiger partial charge is 0.323 e. The predicted octanol–water partition coefficient (Wildman–Crippen LogP) is 2.45. The summed E-state index contributed by atoms with van der Waals surface area (Å²) in [4.78, 5) is 24.1. The van der Waals surface area contributed by atoms with Gasteiger partial charge in [-0.1, -0.05) is 18.2 Å². The number of ether oxygens (including phenoxy) is 2. The predicted molar refractivity (Wildman–Crippen MR) is 71.5 cm³/mol. The van der Waals surface area contributed by atoms with Crippen LogP contribution in [-0.4, -0.2) is 26.2 Å². The third-order valence-corrected chi connectivity index (χ3v) is 3.28. The molecule has 0 radical (unpaired) electrons. The zero-order chi connectivity index (χ0) is 15.3. The molecule has 0 aliphatic heterocycles. The molecule has 0 bridgehead atoms. The van der Waals surface area contributed by atoms with Crippen molar-refractivity contribution >= 4 is 11.9 Å². The first-order chi connectivity index (χ1) is 9.41. The summed E-state index contributed by atoms with van der Waals surface area (Å²) in [7, 11) is 2.35. The number of benzene rings is 1. The Morgan fingerprint density at radius 3 is 2.25 bits per heavy atom. The van der Waals surface area contributed by atoms with E-state index in [-0.39, 0.29) is 0 Å². The quantitative estimate of drug-likeness (QED) is 0.472. The molecule has 0 aliphatic carbocycles. The number of esters is 2. The Labute approximate surface area is 117 Å². The lowest BCUT2D eigenvalue weighted by molar-refractivity contribution is -0.168. The van der Waals surface area contributed by atoms with Gasteiger partial charge < -0.3 is 9.47 Å². The Morgan fingerprint density at radius 1 is 1.30 bits per heavy atom. The van der Waals surface area contributed by atoms with Gasteiger partial charge >= 0.3 is 11.9 Å². The lowest BCUT2D eigenvalue weighted by Gasteiger charge is -2.30. The molecule has 0 aliphatic rings. The van der Waals surface area contributed by atoms with Crippen molar-refractivity contribution in [1.82, 2.24) is 0 Å². The molecule has 0 amide bonds. The average Bonchev–Trinajstić information content (AvgIpc) is 2.45. The molecule has 0 N–H and O–H groups in total. The summed E-state index contributed by atoms with van der Waals surface area (Å²) in [6.45, 7) is 5.02. The first-order valence-corrected chi connectivity index (χ1v) is 5.96. The fourth-order valence-corrected chi connectivity index (χ4v) is 2.17. The summed E-state index contributed by atoms with van der Waals surface area (Å²) in [6, 6.07) is 5.63. The Balaban J connectivity index is 3.40. The van der Waals surface area contributed by atoms with Crippen LogP contribution < -0.4 is 0 Å². The summed E-state index contributed by atoms with van der Waals surface area (Å²) in [5, 5.41) is 0. The van der Waals surface area contributed by atoms with Gasteiger partial charge in [-0.15, -0.1) is 6.58 Å². The summed E-state index contributed by atoms with van der Waals surface area (Å²) >= 11 is 0. The van der Waals surface area contributed by atoms with Crippen molar-refractivity contribution in [1.29, 1.82) is 0 Å². The third kappa shape index (κ3) is 2.71. The maximum absolute atomic E-state index is 13.4. The zero-order valence-electron chi connectivity index (χ0n) is 11.7. The van der Waals surface area contributed by atoms with Crippen LogP contribution in [0.25, 0.3) is 0 Å². The molecule has 0 saturated carbocycles. The highest BCUT2D eigenvalue weighted by molar-refractivity contribution is 6.01. The lowest BCUT2D eigenvalue weighted by atomic mass is 9.73. The topological polar surface area (TPSA) is 52.6 Å². The van der Waals surface area contributed by atoms with E-state index in [1.807, 2.05) is 0 Å². The summed E-state index contributed by atoms with van der Waals surface area (Å²) < 4.78 is 22.7. The molecule has 0 spiro atoms. The molecule has 0 fully saturated rings. The number of carbonyl (C=O) groups is 2. The molecule has 0 saturated heterocycles. The Kier molecular flexibility index (Phi) is 5.02. The molecular formula is C15H17FO4. The van der Waals surface area contributed by atoms with Crippen LogP contribution in [0.15, 0.2) is 36.9 Å². The lowest BCUT2D eigenvalue weighted by Crippen LogP contribution is -2.43.